The van der Waals surface area contributed by atoms with Crippen molar-refractivity contribution in [1.29, 1.82) is 0 Å². The van der Waals surface area contributed by atoms with Gasteiger partial charge < -0.3 is 9.84 Å². The van der Waals surface area contributed by atoms with Crippen LogP contribution in [0, 0.1) is 0 Å². The van der Waals surface area contributed by atoms with E-state index in [2.05, 4.69) is 4.99 Å². The standard InChI is InChI=1S/C24H22ClNO2/c1-17-21(18-11-5-2-6-12-18)28-23(26-17)22(25)24(27,19-13-7-3-8-14-19)20-15-9-4-10-16-20/h2-17,21-22,27H,1H3/t17-,21-,22-/m0/s1. The summed E-state index contributed by atoms with van der Waals surface area (Å²) in [6.07, 6.45) is -0.215. The fraction of sp³-hybridized carbons (Fsp3) is 0.208. The largest absolute Gasteiger partial charge is 0.469 e. The Kier molecular flexibility index (Phi) is 5.21. The topological polar surface area (TPSA) is 41.8 Å². The van der Waals surface area contributed by atoms with Gasteiger partial charge in [-0.15, -0.1) is 11.6 Å². The molecule has 0 amide bonds. The van der Waals surface area contributed by atoms with Crippen LogP contribution in [0.1, 0.15) is 29.7 Å². The molecule has 0 spiro atoms. The van der Waals surface area contributed by atoms with E-state index < -0.39 is 11.0 Å². The van der Waals surface area contributed by atoms with Crippen LogP contribution in [0.3, 0.4) is 0 Å². The normalized spacial score (nSPS) is 20.3. The number of halogens is 1. The molecule has 1 N–H and O–H groups in total. The summed E-state index contributed by atoms with van der Waals surface area (Å²) >= 11 is 6.88. The summed E-state index contributed by atoms with van der Waals surface area (Å²) in [6, 6.07) is 28.7. The fourth-order valence-electron chi connectivity index (χ4n) is 3.66. The minimum atomic E-state index is -1.46. The molecular weight excluding hydrogens is 370 g/mol. The Bertz CT molecular complexity index is 905. The van der Waals surface area contributed by atoms with Gasteiger partial charge in [0.25, 0.3) is 0 Å². The molecule has 142 valence electrons. The minimum absolute atomic E-state index is 0.0885. The van der Waals surface area contributed by atoms with Gasteiger partial charge in [-0.3, -0.25) is 0 Å². The van der Waals surface area contributed by atoms with Crippen LogP contribution < -0.4 is 0 Å². The Hall–Kier alpha value is -2.62. The van der Waals surface area contributed by atoms with Crippen molar-refractivity contribution < 1.29 is 9.84 Å². The maximum Gasteiger partial charge on any atom is 0.206 e. The van der Waals surface area contributed by atoms with E-state index in [9.17, 15) is 5.11 Å². The second-order valence-electron chi connectivity index (χ2n) is 7.02. The Morgan fingerprint density at radius 1 is 0.857 bits per heavy atom. The monoisotopic (exact) mass is 391 g/mol. The summed E-state index contributed by atoms with van der Waals surface area (Å²) < 4.78 is 6.17. The highest BCUT2D eigenvalue weighted by molar-refractivity contribution is 6.32. The van der Waals surface area contributed by atoms with Crippen molar-refractivity contribution in [3.8, 4) is 0 Å². The molecule has 3 nitrogen and oxygen atoms in total. The Balaban J connectivity index is 1.71. The number of aliphatic hydroxyl groups is 1. The van der Waals surface area contributed by atoms with Crippen molar-refractivity contribution in [2.45, 2.75) is 30.0 Å². The van der Waals surface area contributed by atoms with Gasteiger partial charge in [0.1, 0.15) is 17.1 Å². The minimum Gasteiger partial charge on any atom is -0.469 e. The van der Waals surface area contributed by atoms with Crippen LogP contribution >= 0.6 is 11.6 Å². The number of hydrogen-bond donors (Lipinski definition) is 1. The van der Waals surface area contributed by atoms with Crippen LogP contribution in [-0.2, 0) is 10.3 Å². The summed E-state index contributed by atoms with van der Waals surface area (Å²) in [5.41, 5.74) is 0.973. The van der Waals surface area contributed by atoms with Crippen molar-refractivity contribution in [3.63, 3.8) is 0 Å². The van der Waals surface area contributed by atoms with Gasteiger partial charge in [0.05, 0.1) is 6.04 Å². The SMILES string of the molecule is C[C@@H]1N=C([C@H](Cl)C(O)(c2ccccc2)c2ccccc2)O[C@@H]1c1ccccc1. The molecule has 3 aromatic rings. The van der Waals surface area contributed by atoms with Gasteiger partial charge >= 0.3 is 0 Å². The maximum atomic E-state index is 11.8. The third-order valence-electron chi connectivity index (χ3n) is 5.16. The van der Waals surface area contributed by atoms with Crippen molar-refractivity contribution >= 4 is 17.5 Å². The van der Waals surface area contributed by atoms with Crippen molar-refractivity contribution in [2.75, 3.05) is 0 Å². The van der Waals surface area contributed by atoms with Crippen molar-refractivity contribution in [2.24, 2.45) is 4.99 Å². The van der Waals surface area contributed by atoms with E-state index in [0.717, 1.165) is 5.56 Å². The molecule has 0 radical (unpaired) electrons. The van der Waals surface area contributed by atoms with Gasteiger partial charge in [-0.05, 0) is 23.6 Å². The first-order valence-corrected chi connectivity index (χ1v) is 9.81. The zero-order chi connectivity index (χ0) is 19.6. The molecule has 28 heavy (non-hydrogen) atoms. The predicted octanol–water partition coefficient (Wildman–Crippen LogP) is 5.09. The molecule has 1 heterocycles. The Morgan fingerprint density at radius 2 is 1.32 bits per heavy atom. The highest BCUT2D eigenvalue weighted by Crippen LogP contribution is 2.40. The molecule has 0 aromatic heterocycles. The fourth-order valence-corrected chi connectivity index (χ4v) is 4.02. The number of alkyl halides is 1. The zero-order valence-corrected chi connectivity index (χ0v) is 16.3. The molecule has 0 bridgehead atoms. The zero-order valence-electron chi connectivity index (χ0n) is 15.6. The van der Waals surface area contributed by atoms with E-state index in [4.69, 9.17) is 16.3 Å². The van der Waals surface area contributed by atoms with Crippen LogP contribution in [0.2, 0.25) is 0 Å². The number of aliphatic imine (C=N–C) groups is 1. The van der Waals surface area contributed by atoms with Crippen LogP contribution in [0.4, 0.5) is 0 Å². The van der Waals surface area contributed by atoms with Gasteiger partial charge in [-0.25, -0.2) is 4.99 Å². The number of benzene rings is 3. The van der Waals surface area contributed by atoms with Gasteiger partial charge in [-0.1, -0.05) is 91.0 Å². The molecule has 3 atom stereocenters. The highest BCUT2D eigenvalue weighted by atomic mass is 35.5. The second kappa shape index (κ2) is 7.78. The smallest absolute Gasteiger partial charge is 0.206 e. The van der Waals surface area contributed by atoms with Gasteiger partial charge in [0.2, 0.25) is 5.90 Å². The number of ether oxygens (including phenoxy) is 1. The van der Waals surface area contributed by atoms with E-state index in [1.807, 2.05) is 97.9 Å². The van der Waals surface area contributed by atoms with Crippen LogP contribution in [0.5, 0.6) is 0 Å². The van der Waals surface area contributed by atoms with E-state index >= 15 is 0 Å². The lowest BCUT2D eigenvalue weighted by Crippen LogP contribution is -2.42. The number of nitrogens with zero attached hydrogens (tertiary/aromatic N) is 1. The first-order chi connectivity index (χ1) is 13.6. The molecule has 0 unspecified atom stereocenters. The number of rotatable bonds is 5. The maximum absolute atomic E-state index is 11.8. The van der Waals surface area contributed by atoms with Gasteiger partial charge in [0, 0.05) is 0 Å². The van der Waals surface area contributed by atoms with Gasteiger partial charge in [0.15, 0.2) is 0 Å². The van der Waals surface area contributed by atoms with Crippen LogP contribution in [0.15, 0.2) is 96.0 Å². The van der Waals surface area contributed by atoms with E-state index in [1.165, 1.54) is 0 Å². The third kappa shape index (κ3) is 3.32. The summed E-state index contributed by atoms with van der Waals surface area (Å²) in [6.45, 7) is 2.00. The Labute approximate surface area is 170 Å². The van der Waals surface area contributed by atoms with Crippen molar-refractivity contribution in [1.82, 2.24) is 0 Å². The van der Waals surface area contributed by atoms with Gasteiger partial charge in [-0.2, -0.15) is 0 Å². The average Bonchev–Trinajstić information content (AvgIpc) is 3.16. The Morgan fingerprint density at radius 3 is 1.82 bits per heavy atom. The molecule has 1 aliphatic heterocycles. The predicted molar refractivity (Wildman–Crippen MR) is 113 cm³/mol. The molecule has 3 aromatic carbocycles. The number of hydrogen-bond acceptors (Lipinski definition) is 3. The molecule has 0 saturated carbocycles. The lowest BCUT2D eigenvalue weighted by atomic mass is 9.83. The highest BCUT2D eigenvalue weighted by Gasteiger charge is 2.46. The van der Waals surface area contributed by atoms with Crippen LogP contribution in [0.25, 0.3) is 0 Å². The lowest BCUT2D eigenvalue weighted by Gasteiger charge is -2.33. The average molecular weight is 392 g/mol. The van der Waals surface area contributed by atoms with E-state index in [1.54, 1.807) is 0 Å². The molecule has 4 heteroatoms. The molecule has 0 aliphatic carbocycles. The van der Waals surface area contributed by atoms with Crippen LogP contribution in [-0.4, -0.2) is 22.4 Å². The first-order valence-electron chi connectivity index (χ1n) is 9.37. The molecule has 0 saturated heterocycles. The summed E-state index contributed by atoms with van der Waals surface area (Å²) in [7, 11) is 0. The molecule has 0 fully saturated rings. The first kappa shape index (κ1) is 18.7. The third-order valence-corrected chi connectivity index (χ3v) is 5.66. The van der Waals surface area contributed by atoms with E-state index in [0.29, 0.717) is 17.0 Å². The molecule has 4 rings (SSSR count). The summed E-state index contributed by atoms with van der Waals surface area (Å²) in [5, 5.41) is 11.0. The lowest BCUT2D eigenvalue weighted by molar-refractivity contribution is 0.0821. The second-order valence-corrected chi connectivity index (χ2v) is 7.45. The van der Waals surface area contributed by atoms with Crippen molar-refractivity contribution in [3.05, 3.63) is 108 Å². The molecule has 1 aliphatic rings. The molecular formula is C24H22ClNO2. The van der Waals surface area contributed by atoms with E-state index in [-0.39, 0.29) is 12.1 Å². The summed E-state index contributed by atoms with van der Waals surface area (Å²) in [5.74, 6) is 0.359. The quantitative estimate of drug-likeness (QED) is 0.615. The summed E-state index contributed by atoms with van der Waals surface area (Å²) in [4.78, 5) is 4.67.